The number of rotatable bonds is 2. The van der Waals surface area contributed by atoms with Gasteiger partial charge in [0.05, 0.1) is 22.0 Å². The molecule has 1 atom stereocenters. The Morgan fingerprint density at radius 1 is 1.50 bits per heavy atom. The van der Waals surface area contributed by atoms with Gasteiger partial charge in [-0.2, -0.15) is 0 Å². The van der Waals surface area contributed by atoms with Crippen LogP contribution in [0.2, 0.25) is 5.02 Å². The van der Waals surface area contributed by atoms with Crippen molar-refractivity contribution in [1.82, 2.24) is 0 Å². The molecule has 3 N–H and O–H groups in total. The van der Waals surface area contributed by atoms with E-state index in [9.17, 15) is 4.79 Å². The van der Waals surface area contributed by atoms with Gasteiger partial charge in [-0.1, -0.05) is 11.6 Å². The molecule has 1 aromatic rings. The molecule has 0 saturated carbocycles. The van der Waals surface area contributed by atoms with E-state index in [1.54, 1.807) is 0 Å². The van der Waals surface area contributed by atoms with Gasteiger partial charge >= 0.3 is 5.97 Å². The molecular weight excluding hydrogens is 252 g/mol. The predicted molar refractivity (Wildman–Crippen MR) is 73.5 cm³/mol. The zero-order chi connectivity index (χ0) is 13.3. The number of carboxylic acid groups (broad SMARTS) is 1. The lowest BCUT2D eigenvalue weighted by Gasteiger charge is -2.36. The third kappa shape index (κ3) is 2.38. The molecule has 0 unspecified atom stereocenters. The molecular formula is C13H17ClN2O2. The van der Waals surface area contributed by atoms with Crippen LogP contribution in [-0.2, 0) is 0 Å². The lowest BCUT2D eigenvalue weighted by molar-refractivity contribution is 0.0697. The molecule has 0 bridgehead atoms. The summed E-state index contributed by atoms with van der Waals surface area (Å²) in [4.78, 5) is 13.1. The van der Waals surface area contributed by atoms with E-state index in [1.165, 1.54) is 18.6 Å². The lowest BCUT2D eigenvalue weighted by atomic mass is 10.0. The lowest BCUT2D eigenvalue weighted by Crippen LogP contribution is -2.38. The number of aromatic carboxylic acids is 1. The maximum atomic E-state index is 10.9. The van der Waals surface area contributed by atoms with E-state index >= 15 is 0 Å². The second-order valence-corrected chi connectivity index (χ2v) is 5.15. The van der Waals surface area contributed by atoms with Crippen molar-refractivity contribution in [3.63, 3.8) is 0 Å². The summed E-state index contributed by atoms with van der Waals surface area (Å²) in [6.45, 7) is 3.05. The number of anilines is 2. The Morgan fingerprint density at radius 3 is 2.78 bits per heavy atom. The Balaban J connectivity index is 2.41. The molecule has 0 amide bonds. The van der Waals surface area contributed by atoms with Crippen LogP contribution in [0.1, 0.15) is 36.5 Å². The fourth-order valence-corrected chi connectivity index (χ4v) is 2.81. The maximum absolute atomic E-state index is 10.9. The average molecular weight is 269 g/mol. The number of nitrogen functional groups attached to an aromatic ring is 1. The number of nitrogens with zero attached hydrogens (tertiary/aromatic N) is 1. The number of carboxylic acids is 1. The molecule has 1 fully saturated rings. The van der Waals surface area contributed by atoms with Crippen LogP contribution in [0.5, 0.6) is 0 Å². The highest BCUT2D eigenvalue weighted by molar-refractivity contribution is 6.34. The van der Waals surface area contributed by atoms with Gasteiger partial charge in [0.25, 0.3) is 0 Å². The first-order valence-electron chi connectivity index (χ1n) is 6.09. The largest absolute Gasteiger partial charge is 0.478 e. The number of hydrogen-bond acceptors (Lipinski definition) is 3. The highest BCUT2D eigenvalue weighted by Gasteiger charge is 2.23. The summed E-state index contributed by atoms with van der Waals surface area (Å²) in [5.41, 5.74) is 7.30. The van der Waals surface area contributed by atoms with Crippen molar-refractivity contribution in [3.8, 4) is 0 Å². The van der Waals surface area contributed by atoms with E-state index in [-0.39, 0.29) is 5.56 Å². The van der Waals surface area contributed by atoms with Gasteiger partial charge in [0.2, 0.25) is 0 Å². The summed E-state index contributed by atoms with van der Waals surface area (Å²) in [6.07, 6.45) is 3.43. The standard InChI is InChI=1S/C13H17ClN2O2/c1-8-4-2-3-5-16(8)12-10(14)6-9(13(17)18)7-11(12)15/h6-8H,2-5,15H2,1H3,(H,17,18)/t8-/m1/s1. The molecule has 1 aliphatic rings. The highest BCUT2D eigenvalue weighted by Crippen LogP contribution is 2.37. The minimum Gasteiger partial charge on any atom is -0.478 e. The van der Waals surface area contributed by atoms with Crippen molar-refractivity contribution in [2.45, 2.75) is 32.2 Å². The SMILES string of the molecule is C[C@@H]1CCCCN1c1c(N)cc(C(=O)O)cc1Cl. The number of carbonyl (C=O) groups is 1. The van der Waals surface area contributed by atoms with Gasteiger partial charge in [0.1, 0.15) is 0 Å². The molecule has 1 heterocycles. The molecule has 1 saturated heterocycles. The van der Waals surface area contributed by atoms with Gasteiger partial charge in [-0.15, -0.1) is 0 Å². The third-order valence-electron chi connectivity index (χ3n) is 3.43. The van der Waals surface area contributed by atoms with Crippen molar-refractivity contribution in [3.05, 3.63) is 22.7 Å². The summed E-state index contributed by atoms with van der Waals surface area (Å²) in [6, 6.07) is 3.33. The second kappa shape index (κ2) is 5.06. The number of piperidine rings is 1. The Hall–Kier alpha value is -1.42. The minimum absolute atomic E-state index is 0.130. The molecule has 1 aromatic carbocycles. The zero-order valence-corrected chi connectivity index (χ0v) is 11.1. The maximum Gasteiger partial charge on any atom is 0.335 e. The van der Waals surface area contributed by atoms with Crippen LogP contribution in [0.15, 0.2) is 12.1 Å². The van der Waals surface area contributed by atoms with Crippen LogP contribution >= 0.6 is 11.6 Å². The van der Waals surface area contributed by atoms with Crippen molar-refractivity contribution in [2.75, 3.05) is 17.2 Å². The summed E-state index contributed by atoms with van der Waals surface area (Å²) in [5, 5.41) is 9.38. The van der Waals surface area contributed by atoms with Crippen LogP contribution in [0.4, 0.5) is 11.4 Å². The van der Waals surface area contributed by atoms with Crippen LogP contribution in [0.3, 0.4) is 0 Å². The first-order valence-corrected chi connectivity index (χ1v) is 6.47. The van der Waals surface area contributed by atoms with E-state index in [2.05, 4.69) is 11.8 Å². The highest BCUT2D eigenvalue weighted by atomic mass is 35.5. The van der Waals surface area contributed by atoms with E-state index in [0.717, 1.165) is 25.1 Å². The number of benzene rings is 1. The minimum atomic E-state index is -1.01. The Labute approximate surface area is 111 Å². The summed E-state index contributed by atoms with van der Waals surface area (Å²) in [7, 11) is 0. The predicted octanol–water partition coefficient (Wildman–Crippen LogP) is 3.00. The van der Waals surface area contributed by atoms with Crippen molar-refractivity contribution < 1.29 is 9.90 Å². The fourth-order valence-electron chi connectivity index (χ4n) is 2.48. The Kier molecular flexibility index (Phi) is 3.66. The van der Waals surface area contributed by atoms with E-state index < -0.39 is 5.97 Å². The molecule has 98 valence electrons. The van der Waals surface area contributed by atoms with Crippen molar-refractivity contribution in [1.29, 1.82) is 0 Å². The molecule has 4 nitrogen and oxygen atoms in total. The normalized spacial score (nSPS) is 19.9. The molecule has 0 aliphatic carbocycles. The molecule has 0 radical (unpaired) electrons. The molecule has 0 spiro atoms. The molecule has 5 heteroatoms. The smallest absolute Gasteiger partial charge is 0.335 e. The summed E-state index contributed by atoms with van der Waals surface area (Å²) >= 11 is 6.19. The van der Waals surface area contributed by atoms with Crippen molar-refractivity contribution in [2.24, 2.45) is 0 Å². The van der Waals surface area contributed by atoms with Crippen molar-refractivity contribution >= 4 is 28.9 Å². The topological polar surface area (TPSA) is 66.6 Å². The van der Waals surface area contributed by atoms with Gasteiger partial charge in [-0.05, 0) is 38.3 Å². The molecule has 1 aliphatic heterocycles. The van der Waals surface area contributed by atoms with Gasteiger partial charge in [0.15, 0.2) is 0 Å². The molecule has 18 heavy (non-hydrogen) atoms. The zero-order valence-electron chi connectivity index (χ0n) is 10.3. The quantitative estimate of drug-likeness (QED) is 0.809. The van der Waals surface area contributed by atoms with Crippen LogP contribution in [0.25, 0.3) is 0 Å². The van der Waals surface area contributed by atoms with E-state index in [0.29, 0.717) is 16.8 Å². The number of hydrogen-bond donors (Lipinski definition) is 2. The monoisotopic (exact) mass is 268 g/mol. The second-order valence-electron chi connectivity index (χ2n) is 4.74. The number of nitrogens with two attached hydrogens (primary N) is 1. The van der Waals surface area contributed by atoms with Gasteiger partial charge in [-0.3, -0.25) is 0 Å². The van der Waals surface area contributed by atoms with Gasteiger partial charge < -0.3 is 15.7 Å². The molecule has 0 aromatic heterocycles. The van der Waals surface area contributed by atoms with E-state index in [1.807, 2.05) is 0 Å². The Morgan fingerprint density at radius 2 is 2.22 bits per heavy atom. The van der Waals surface area contributed by atoms with Gasteiger partial charge in [0, 0.05) is 12.6 Å². The third-order valence-corrected chi connectivity index (χ3v) is 3.72. The first kappa shape index (κ1) is 13.0. The average Bonchev–Trinajstić information content (AvgIpc) is 2.30. The molecule has 2 rings (SSSR count). The summed E-state index contributed by atoms with van der Waals surface area (Å²) < 4.78 is 0. The van der Waals surface area contributed by atoms with Crippen LogP contribution in [-0.4, -0.2) is 23.7 Å². The van der Waals surface area contributed by atoms with Crippen LogP contribution in [0, 0.1) is 0 Å². The summed E-state index contributed by atoms with van der Waals surface area (Å²) in [5.74, 6) is -1.01. The number of halogens is 1. The Bertz CT molecular complexity index is 453. The van der Waals surface area contributed by atoms with Crippen LogP contribution < -0.4 is 10.6 Å². The first-order chi connectivity index (χ1) is 8.50. The van der Waals surface area contributed by atoms with Gasteiger partial charge in [-0.25, -0.2) is 4.79 Å². The fraction of sp³-hybridized carbons (Fsp3) is 0.462. The van der Waals surface area contributed by atoms with E-state index in [4.69, 9.17) is 22.4 Å².